The van der Waals surface area contributed by atoms with Crippen molar-refractivity contribution >= 4 is 39.2 Å². The van der Waals surface area contributed by atoms with Crippen LogP contribution in [0.4, 0.5) is 5.13 Å². The van der Waals surface area contributed by atoms with E-state index in [2.05, 4.69) is 20.6 Å². The molecule has 1 saturated carbocycles. The van der Waals surface area contributed by atoms with Gasteiger partial charge in [0.15, 0.2) is 5.13 Å². The number of aromatic amines is 1. The van der Waals surface area contributed by atoms with Crippen LogP contribution < -0.4 is 16.2 Å². The molecule has 1 atom stereocenters. The Morgan fingerprint density at radius 1 is 1.09 bits per heavy atom. The number of pyridine rings is 1. The number of carboxylic acids is 1. The van der Waals surface area contributed by atoms with Gasteiger partial charge in [0.05, 0.1) is 17.0 Å². The van der Waals surface area contributed by atoms with Crippen molar-refractivity contribution in [2.75, 3.05) is 11.9 Å². The maximum Gasteiger partial charge on any atom is 0.314 e. The Hall–Kier alpha value is -4.06. The van der Waals surface area contributed by atoms with Crippen LogP contribution >= 0.6 is 11.3 Å². The zero-order chi connectivity index (χ0) is 30.4. The number of nitrogens with one attached hydrogen (secondary N) is 3. The summed E-state index contributed by atoms with van der Waals surface area (Å²) in [6.07, 6.45) is 6.69. The second kappa shape index (κ2) is 13.5. The molecule has 1 aliphatic carbocycles. The summed E-state index contributed by atoms with van der Waals surface area (Å²) >= 11 is 1.35. The SMILES string of the molecule is O=C(CCCc1cccc(C2(C(=O)O)CCCCC2)c1)Nc1ncc(CNCC(O)c2ccc(O)c3[nH]c(=O)ccc23)s1. The van der Waals surface area contributed by atoms with E-state index in [4.69, 9.17) is 0 Å². The number of hydrogen-bond acceptors (Lipinski definition) is 8. The van der Waals surface area contributed by atoms with Gasteiger partial charge in [-0.1, -0.05) is 49.6 Å². The van der Waals surface area contributed by atoms with Gasteiger partial charge in [-0.2, -0.15) is 0 Å². The molecular weight excluding hydrogens is 568 g/mol. The number of phenolic OH excluding ortho intramolecular Hbond substituents is 1. The first-order chi connectivity index (χ1) is 20.7. The number of rotatable bonds is 12. The monoisotopic (exact) mass is 604 g/mol. The molecule has 6 N–H and O–H groups in total. The molecule has 1 fully saturated rings. The Kier molecular flexibility index (Phi) is 9.54. The molecule has 2 aromatic carbocycles. The lowest BCUT2D eigenvalue weighted by atomic mass is 9.69. The van der Waals surface area contributed by atoms with E-state index in [1.54, 1.807) is 18.3 Å². The van der Waals surface area contributed by atoms with E-state index in [1.165, 1.54) is 23.5 Å². The summed E-state index contributed by atoms with van der Waals surface area (Å²) in [4.78, 5) is 44.2. The Labute approximate surface area is 252 Å². The second-order valence-electron chi connectivity index (χ2n) is 11.1. The molecule has 1 unspecified atom stereocenters. The highest BCUT2D eigenvalue weighted by atomic mass is 32.1. The molecule has 2 aromatic heterocycles. The number of carbonyl (C=O) groups excluding carboxylic acids is 1. The molecule has 10 nitrogen and oxygen atoms in total. The van der Waals surface area contributed by atoms with Crippen LogP contribution in [0.5, 0.6) is 5.75 Å². The van der Waals surface area contributed by atoms with Gasteiger partial charge in [0.1, 0.15) is 5.75 Å². The Bertz CT molecular complexity index is 1660. The van der Waals surface area contributed by atoms with Gasteiger partial charge in [0.2, 0.25) is 11.5 Å². The molecule has 4 aromatic rings. The molecule has 5 rings (SSSR count). The molecule has 0 bridgehead atoms. The van der Waals surface area contributed by atoms with Gasteiger partial charge in [-0.25, -0.2) is 4.98 Å². The third kappa shape index (κ3) is 7.12. The van der Waals surface area contributed by atoms with Gasteiger partial charge in [-0.05, 0) is 54.5 Å². The number of thiazole rings is 1. The minimum Gasteiger partial charge on any atom is -0.506 e. The van der Waals surface area contributed by atoms with E-state index in [0.29, 0.717) is 54.7 Å². The third-order valence-electron chi connectivity index (χ3n) is 8.17. The molecule has 0 spiro atoms. The van der Waals surface area contributed by atoms with E-state index >= 15 is 0 Å². The van der Waals surface area contributed by atoms with Crippen LogP contribution in [-0.4, -0.2) is 43.7 Å². The molecule has 0 saturated heterocycles. The second-order valence-corrected chi connectivity index (χ2v) is 12.2. The van der Waals surface area contributed by atoms with Crippen LogP contribution in [0.15, 0.2) is 59.5 Å². The molecule has 43 heavy (non-hydrogen) atoms. The summed E-state index contributed by atoms with van der Waals surface area (Å²) in [5, 5.41) is 37.9. The summed E-state index contributed by atoms with van der Waals surface area (Å²) in [6.45, 7) is 0.666. The predicted molar refractivity (Wildman–Crippen MR) is 165 cm³/mol. The first kappa shape index (κ1) is 30.4. The number of anilines is 1. The number of nitrogens with zero attached hydrogens (tertiary/aromatic N) is 1. The standard InChI is InChI=1S/C32H36N4O6S/c37-25-12-10-23(24-11-13-28(40)35-29(24)25)26(38)19-33-17-22-18-34-31(43-22)36-27(39)9-5-7-20-6-4-8-21(16-20)32(30(41)42)14-2-1-3-15-32/h4,6,8,10-13,16,18,26,33,37-38H,1-3,5,7,9,14-15,17,19H2,(H,35,40)(H,41,42)(H,34,36,39). The maximum atomic E-state index is 12.6. The van der Waals surface area contributed by atoms with Gasteiger partial charge in [0.25, 0.3) is 0 Å². The summed E-state index contributed by atoms with van der Waals surface area (Å²) < 4.78 is 0. The fraction of sp³-hybridized carbons (Fsp3) is 0.375. The zero-order valence-electron chi connectivity index (χ0n) is 23.8. The summed E-state index contributed by atoms with van der Waals surface area (Å²) in [5.74, 6) is -0.942. The number of hydrogen-bond donors (Lipinski definition) is 6. The number of H-pyrrole nitrogens is 1. The van der Waals surface area contributed by atoms with E-state index in [-0.39, 0.29) is 29.3 Å². The quantitative estimate of drug-likeness (QED) is 0.135. The molecule has 2 heterocycles. The fourth-order valence-electron chi connectivity index (χ4n) is 5.88. The Morgan fingerprint density at radius 3 is 2.70 bits per heavy atom. The highest BCUT2D eigenvalue weighted by Gasteiger charge is 2.41. The van der Waals surface area contributed by atoms with Crippen molar-refractivity contribution in [3.63, 3.8) is 0 Å². The number of aromatic nitrogens is 2. The Balaban J connectivity index is 1.08. The van der Waals surface area contributed by atoms with Crippen LogP contribution in [0.2, 0.25) is 0 Å². The van der Waals surface area contributed by atoms with Gasteiger partial charge in [0, 0.05) is 42.0 Å². The lowest BCUT2D eigenvalue weighted by Gasteiger charge is -2.34. The Morgan fingerprint density at radius 2 is 1.91 bits per heavy atom. The predicted octanol–water partition coefficient (Wildman–Crippen LogP) is 4.76. The first-order valence-corrected chi connectivity index (χ1v) is 15.4. The zero-order valence-corrected chi connectivity index (χ0v) is 24.6. The number of aliphatic hydroxyl groups is 1. The highest BCUT2D eigenvalue weighted by molar-refractivity contribution is 7.15. The van der Waals surface area contributed by atoms with E-state index in [0.717, 1.165) is 35.3 Å². The average molecular weight is 605 g/mol. The van der Waals surface area contributed by atoms with Gasteiger partial charge < -0.3 is 30.9 Å². The van der Waals surface area contributed by atoms with Crippen molar-refractivity contribution in [3.05, 3.63) is 86.6 Å². The van der Waals surface area contributed by atoms with Crippen molar-refractivity contribution in [2.24, 2.45) is 0 Å². The molecule has 0 radical (unpaired) electrons. The number of amides is 1. The average Bonchev–Trinajstić information content (AvgIpc) is 3.44. The largest absolute Gasteiger partial charge is 0.506 e. The van der Waals surface area contributed by atoms with Gasteiger partial charge in [-0.15, -0.1) is 11.3 Å². The number of phenols is 1. The molecular formula is C32H36N4O6S. The van der Waals surface area contributed by atoms with Crippen LogP contribution in [0, 0.1) is 0 Å². The minimum atomic E-state index is -0.876. The summed E-state index contributed by atoms with van der Waals surface area (Å²) in [6, 6.07) is 13.8. The normalized spacial score (nSPS) is 15.3. The van der Waals surface area contributed by atoms with E-state index < -0.39 is 17.5 Å². The molecule has 11 heteroatoms. The minimum absolute atomic E-state index is 0.0617. The number of aromatic hydroxyl groups is 1. The number of aliphatic hydroxyl groups excluding tert-OH is 1. The van der Waals surface area contributed by atoms with Gasteiger partial charge in [-0.3, -0.25) is 14.4 Å². The number of aryl methyl sites for hydroxylation is 1. The van der Waals surface area contributed by atoms with Crippen molar-refractivity contribution in [3.8, 4) is 5.75 Å². The van der Waals surface area contributed by atoms with Crippen LogP contribution in [0.1, 0.15) is 72.6 Å². The van der Waals surface area contributed by atoms with Crippen LogP contribution in [0.25, 0.3) is 10.9 Å². The molecule has 1 aliphatic rings. The lowest BCUT2D eigenvalue weighted by molar-refractivity contribution is -0.145. The number of carboxylic acid groups (broad SMARTS) is 1. The van der Waals surface area contributed by atoms with Crippen molar-refractivity contribution in [1.82, 2.24) is 15.3 Å². The van der Waals surface area contributed by atoms with Crippen molar-refractivity contribution < 1.29 is 24.9 Å². The van der Waals surface area contributed by atoms with Crippen LogP contribution in [-0.2, 0) is 28.0 Å². The third-order valence-corrected chi connectivity index (χ3v) is 9.08. The van der Waals surface area contributed by atoms with Crippen molar-refractivity contribution in [1.29, 1.82) is 0 Å². The van der Waals surface area contributed by atoms with Crippen LogP contribution in [0.3, 0.4) is 0 Å². The maximum absolute atomic E-state index is 12.6. The topological polar surface area (TPSA) is 165 Å². The highest BCUT2D eigenvalue weighted by Crippen LogP contribution is 2.40. The smallest absolute Gasteiger partial charge is 0.314 e. The number of carbonyl (C=O) groups is 2. The van der Waals surface area contributed by atoms with E-state index in [9.17, 15) is 29.7 Å². The molecule has 0 aliphatic heterocycles. The van der Waals surface area contributed by atoms with Gasteiger partial charge >= 0.3 is 5.97 Å². The summed E-state index contributed by atoms with van der Waals surface area (Å²) in [5.41, 5.74) is 1.63. The molecule has 226 valence electrons. The number of fused-ring (bicyclic) bond motifs is 1. The van der Waals surface area contributed by atoms with Crippen molar-refractivity contribution in [2.45, 2.75) is 69.4 Å². The fourth-order valence-corrected chi connectivity index (χ4v) is 6.68. The number of aliphatic carboxylic acids is 1. The lowest BCUT2D eigenvalue weighted by Crippen LogP contribution is -2.37. The first-order valence-electron chi connectivity index (χ1n) is 14.6. The van der Waals surface area contributed by atoms with E-state index in [1.807, 2.05) is 24.3 Å². The molecule has 1 amide bonds. The summed E-state index contributed by atoms with van der Waals surface area (Å²) in [7, 11) is 0. The number of benzene rings is 2.